The molecule has 0 aromatic heterocycles. The van der Waals surface area contributed by atoms with Crippen LogP contribution in [0.5, 0.6) is 0 Å². The summed E-state index contributed by atoms with van der Waals surface area (Å²) in [5, 5.41) is 3.40. The van der Waals surface area contributed by atoms with Crippen LogP contribution in [-0.2, 0) is 9.47 Å². The zero-order valence-corrected chi connectivity index (χ0v) is 8.88. The van der Waals surface area contributed by atoms with Crippen molar-refractivity contribution < 1.29 is 9.47 Å². The lowest BCUT2D eigenvalue weighted by molar-refractivity contribution is -0.134. The molecule has 0 heterocycles. The highest BCUT2D eigenvalue weighted by Gasteiger charge is 2.41. The van der Waals surface area contributed by atoms with Crippen molar-refractivity contribution in [1.29, 1.82) is 0 Å². The van der Waals surface area contributed by atoms with Crippen LogP contribution in [0.25, 0.3) is 0 Å². The molecule has 0 saturated heterocycles. The van der Waals surface area contributed by atoms with E-state index in [1.165, 1.54) is 0 Å². The van der Waals surface area contributed by atoms with E-state index < -0.39 is 0 Å². The molecule has 1 saturated carbocycles. The lowest BCUT2D eigenvalue weighted by atomic mass is 9.85. The molecular weight excluding hydrogens is 166 g/mol. The summed E-state index contributed by atoms with van der Waals surface area (Å²) in [5.74, 6) is 0. The van der Waals surface area contributed by atoms with E-state index in [-0.39, 0.29) is 6.10 Å². The average molecular weight is 187 g/mol. The first-order chi connectivity index (χ1) is 6.33. The number of methoxy groups -OCH3 is 1. The molecule has 0 amide bonds. The van der Waals surface area contributed by atoms with Crippen molar-refractivity contribution in [2.75, 3.05) is 20.3 Å². The van der Waals surface area contributed by atoms with Gasteiger partial charge in [0.25, 0.3) is 0 Å². The van der Waals surface area contributed by atoms with Gasteiger partial charge >= 0.3 is 0 Å². The Balaban J connectivity index is 2.26. The first kappa shape index (κ1) is 11.0. The van der Waals surface area contributed by atoms with E-state index in [1.807, 2.05) is 0 Å². The van der Waals surface area contributed by atoms with Gasteiger partial charge in [-0.1, -0.05) is 13.8 Å². The maximum Gasteiger partial charge on any atom is 0.0990 e. The molecule has 0 aromatic carbocycles. The van der Waals surface area contributed by atoms with Crippen molar-refractivity contribution >= 4 is 0 Å². The van der Waals surface area contributed by atoms with Gasteiger partial charge in [-0.25, -0.2) is 0 Å². The fourth-order valence-electron chi connectivity index (χ4n) is 1.75. The Morgan fingerprint density at radius 1 is 1.38 bits per heavy atom. The van der Waals surface area contributed by atoms with E-state index in [2.05, 4.69) is 19.2 Å². The van der Waals surface area contributed by atoms with Crippen molar-refractivity contribution in [3.8, 4) is 0 Å². The van der Waals surface area contributed by atoms with Crippen LogP contribution in [0.3, 0.4) is 0 Å². The Morgan fingerprint density at radius 3 is 2.69 bits per heavy atom. The van der Waals surface area contributed by atoms with Crippen LogP contribution in [0.1, 0.15) is 26.7 Å². The van der Waals surface area contributed by atoms with Crippen molar-refractivity contribution in [3.63, 3.8) is 0 Å². The zero-order valence-electron chi connectivity index (χ0n) is 8.88. The molecular formula is C10H21NO2. The molecule has 0 bridgehead atoms. The molecule has 1 fully saturated rings. The third-order valence-electron chi connectivity index (χ3n) is 2.53. The Morgan fingerprint density at radius 2 is 2.15 bits per heavy atom. The summed E-state index contributed by atoms with van der Waals surface area (Å²) in [6.07, 6.45) is 2.73. The summed E-state index contributed by atoms with van der Waals surface area (Å²) in [4.78, 5) is 0. The minimum atomic E-state index is 0.268. The molecule has 0 aliphatic heterocycles. The first-order valence-corrected chi connectivity index (χ1v) is 5.21. The van der Waals surface area contributed by atoms with Crippen molar-refractivity contribution in [2.45, 2.75) is 44.9 Å². The second-order valence-corrected chi connectivity index (χ2v) is 3.51. The Labute approximate surface area is 80.8 Å². The van der Waals surface area contributed by atoms with Gasteiger partial charge in [0, 0.05) is 19.8 Å². The number of rotatable bonds is 6. The maximum absolute atomic E-state index is 5.71. The van der Waals surface area contributed by atoms with Gasteiger partial charge in [0.15, 0.2) is 0 Å². The predicted molar refractivity (Wildman–Crippen MR) is 52.9 cm³/mol. The molecule has 13 heavy (non-hydrogen) atoms. The maximum atomic E-state index is 5.71. The second-order valence-electron chi connectivity index (χ2n) is 3.51. The van der Waals surface area contributed by atoms with Crippen LogP contribution in [0.15, 0.2) is 0 Å². The molecule has 0 aromatic rings. The number of ether oxygens (including phenoxy) is 2. The molecule has 1 aliphatic carbocycles. The minimum absolute atomic E-state index is 0.268. The van der Waals surface area contributed by atoms with Crippen molar-refractivity contribution in [2.24, 2.45) is 0 Å². The van der Waals surface area contributed by atoms with E-state index in [4.69, 9.17) is 9.47 Å². The zero-order chi connectivity index (χ0) is 9.68. The molecule has 0 radical (unpaired) electrons. The summed E-state index contributed by atoms with van der Waals surface area (Å²) >= 11 is 0. The molecule has 1 aliphatic rings. The predicted octanol–water partition coefficient (Wildman–Crippen LogP) is 1.18. The van der Waals surface area contributed by atoms with Crippen LogP contribution in [-0.4, -0.2) is 38.5 Å². The van der Waals surface area contributed by atoms with Gasteiger partial charge < -0.3 is 14.8 Å². The highest BCUT2D eigenvalue weighted by molar-refractivity contribution is 4.96. The van der Waals surface area contributed by atoms with Crippen LogP contribution in [0.2, 0.25) is 0 Å². The molecule has 78 valence electrons. The van der Waals surface area contributed by atoms with Gasteiger partial charge in [-0.2, -0.15) is 0 Å². The number of likely N-dealkylation sites (N-methyl/N-ethyl adjacent to an activating group) is 1. The van der Waals surface area contributed by atoms with E-state index in [0.29, 0.717) is 12.1 Å². The number of hydrogen-bond donors (Lipinski definition) is 1. The summed E-state index contributed by atoms with van der Waals surface area (Å²) in [6, 6.07) is 0.501. The molecule has 3 unspecified atom stereocenters. The van der Waals surface area contributed by atoms with E-state index in [9.17, 15) is 0 Å². The lowest BCUT2D eigenvalue weighted by Crippen LogP contribution is -2.59. The molecule has 3 nitrogen and oxygen atoms in total. The topological polar surface area (TPSA) is 30.5 Å². The van der Waals surface area contributed by atoms with Crippen molar-refractivity contribution in [3.05, 3.63) is 0 Å². The molecule has 1 rings (SSSR count). The average Bonchev–Trinajstić information content (AvgIpc) is 2.12. The normalized spacial score (nSPS) is 33.0. The fourth-order valence-corrected chi connectivity index (χ4v) is 1.75. The summed E-state index contributed by atoms with van der Waals surface area (Å²) in [7, 11) is 1.76. The summed E-state index contributed by atoms with van der Waals surface area (Å²) in [5.41, 5.74) is 0. The number of hydrogen-bond acceptors (Lipinski definition) is 3. The second kappa shape index (κ2) is 5.58. The third kappa shape index (κ3) is 2.66. The lowest BCUT2D eigenvalue weighted by Gasteiger charge is -2.43. The van der Waals surface area contributed by atoms with Gasteiger partial charge in [-0.05, 0) is 19.4 Å². The van der Waals surface area contributed by atoms with Gasteiger partial charge in [0.2, 0.25) is 0 Å². The first-order valence-electron chi connectivity index (χ1n) is 5.21. The molecule has 3 atom stereocenters. The largest absolute Gasteiger partial charge is 0.379 e. The highest BCUT2D eigenvalue weighted by Crippen LogP contribution is 2.26. The van der Waals surface area contributed by atoms with Gasteiger partial charge in [-0.15, -0.1) is 0 Å². The summed E-state index contributed by atoms with van der Waals surface area (Å²) < 4.78 is 11.0. The van der Waals surface area contributed by atoms with E-state index in [1.54, 1.807) is 7.11 Å². The highest BCUT2D eigenvalue weighted by atomic mass is 16.5. The fraction of sp³-hybridized carbons (Fsp3) is 1.00. The molecule has 0 spiro atoms. The Hall–Kier alpha value is -0.120. The minimum Gasteiger partial charge on any atom is -0.379 e. The molecule has 1 N–H and O–H groups in total. The van der Waals surface area contributed by atoms with Crippen LogP contribution in [0, 0.1) is 0 Å². The monoisotopic (exact) mass is 187 g/mol. The SMILES string of the molecule is CCCOC1C(NCC)CC1OC. The van der Waals surface area contributed by atoms with Crippen LogP contribution < -0.4 is 5.32 Å². The third-order valence-corrected chi connectivity index (χ3v) is 2.53. The van der Waals surface area contributed by atoms with Gasteiger partial charge in [0.05, 0.1) is 12.2 Å². The van der Waals surface area contributed by atoms with E-state index >= 15 is 0 Å². The van der Waals surface area contributed by atoms with Crippen molar-refractivity contribution in [1.82, 2.24) is 5.32 Å². The Bertz CT molecular complexity index is 141. The van der Waals surface area contributed by atoms with E-state index in [0.717, 1.165) is 26.0 Å². The standard InChI is InChI=1S/C10H21NO2/c1-4-6-13-10-8(11-5-2)7-9(10)12-3/h8-11H,4-7H2,1-3H3. The van der Waals surface area contributed by atoms with Gasteiger partial charge in [-0.3, -0.25) is 0 Å². The number of nitrogens with one attached hydrogen (secondary N) is 1. The quantitative estimate of drug-likeness (QED) is 0.677. The Kier molecular flexibility index (Phi) is 4.70. The van der Waals surface area contributed by atoms with Crippen LogP contribution >= 0.6 is 0 Å². The molecule has 3 heteroatoms. The summed E-state index contributed by atoms with van der Waals surface area (Å²) in [6.45, 7) is 6.10. The smallest absolute Gasteiger partial charge is 0.0990 e. The van der Waals surface area contributed by atoms with Crippen LogP contribution in [0.4, 0.5) is 0 Å². The van der Waals surface area contributed by atoms with Gasteiger partial charge in [0.1, 0.15) is 0 Å².